The van der Waals surface area contributed by atoms with E-state index in [1.807, 2.05) is 6.92 Å². The van der Waals surface area contributed by atoms with Crippen molar-refractivity contribution in [2.75, 3.05) is 13.2 Å². The van der Waals surface area contributed by atoms with Gasteiger partial charge in [-0.15, -0.1) is 0 Å². The SMILES string of the molecule is C[C@@H]1OCCC(N)[C@@H]1O.O=C1c2ccccc2C(=O)c2c(O)c3c(c(O)c21)CC(C(=O)CO)CC3O. The number of phenolic OH excluding ortho intramolecular Hbond substituents is 2. The average Bonchev–Trinajstić information content (AvgIpc) is 2.87. The molecule has 36 heavy (non-hydrogen) atoms. The Morgan fingerprint density at radius 3 is 2.17 bits per heavy atom. The Kier molecular flexibility index (Phi) is 7.26. The molecule has 0 bridgehead atoms. The molecule has 0 saturated carbocycles. The molecule has 10 nitrogen and oxygen atoms in total. The molecule has 1 heterocycles. The van der Waals surface area contributed by atoms with E-state index < -0.39 is 53.6 Å². The highest BCUT2D eigenvalue weighted by molar-refractivity contribution is 6.30. The second-order valence-electron chi connectivity index (χ2n) is 9.34. The number of nitrogens with two attached hydrogens (primary N) is 1. The summed E-state index contributed by atoms with van der Waals surface area (Å²) in [6.07, 6.45) is -1.22. The van der Waals surface area contributed by atoms with Gasteiger partial charge in [0.25, 0.3) is 0 Å². The fraction of sp³-hybridized carbons (Fsp3) is 0.423. The summed E-state index contributed by atoms with van der Waals surface area (Å²) >= 11 is 0. The number of aromatic hydroxyl groups is 2. The van der Waals surface area contributed by atoms with Crippen molar-refractivity contribution in [3.8, 4) is 11.5 Å². The summed E-state index contributed by atoms with van der Waals surface area (Å²) in [5, 5.41) is 50.1. The molecule has 7 N–H and O–H groups in total. The van der Waals surface area contributed by atoms with Crippen LogP contribution in [0.15, 0.2) is 24.3 Å². The average molecular weight is 500 g/mol. The van der Waals surface area contributed by atoms with Crippen molar-refractivity contribution in [3.05, 3.63) is 57.6 Å². The number of hydrogen-bond donors (Lipinski definition) is 6. The van der Waals surface area contributed by atoms with Crippen LogP contribution in [0.25, 0.3) is 0 Å². The molecule has 2 aliphatic carbocycles. The molecule has 2 aromatic carbocycles. The van der Waals surface area contributed by atoms with Gasteiger partial charge < -0.3 is 36.0 Å². The van der Waals surface area contributed by atoms with Crippen molar-refractivity contribution in [1.29, 1.82) is 0 Å². The summed E-state index contributed by atoms with van der Waals surface area (Å²) in [7, 11) is 0. The third-order valence-corrected chi connectivity index (χ3v) is 7.11. The minimum Gasteiger partial charge on any atom is -0.507 e. The van der Waals surface area contributed by atoms with Crippen LogP contribution in [0.4, 0.5) is 0 Å². The Morgan fingerprint density at radius 1 is 1.06 bits per heavy atom. The highest BCUT2D eigenvalue weighted by Crippen LogP contribution is 2.49. The first-order valence-corrected chi connectivity index (χ1v) is 11.7. The van der Waals surface area contributed by atoms with Crippen LogP contribution in [0.1, 0.15) is 68.8 Å². The summed E-state index contributed by atoms with van der Waals surface area (Å²) in [6, 6.07) is 6.00. The predicted molar refractivity (Wildman–Crippen MR) is 126 cm³/mol. The summed E-state index contributed by atoms with van der Waals surface area (Å²) in [6.45, 7) is 1.80. The Morgan fingerprint density at radius 2 is 1.64 bits per heavy atom. The molecular weight excluding hydrogens is 470 g/mol. The van der Waals surface area contributed by atoms with Crippen molar-refractivity contribution >= 4 is 17.3 Å². The number of aliphatic hydroxyl groups is 3. The van der Waals surface area contributed by atoms with E-state index in [0.717, 1.165) is 6.42 Å². The lowest BCUT2D eigenvalue weighted by atomic mass is 9.74. The van der Waals surface area contributed by atoms with Crippen LogP contribution in [-0.4, -0.2) is 74.3 Å². The lowest BCUT2D eigenvalue weighted by Gasteiger charge is -2.31. The van der Waals surface area contributed by atoms with Crippen molar-refractivity contribution in [2.45, 2.75) is 50.5 Å². The molecule has 3 unspecified atom stereocenters. The van der Waals surface area contributed by atoms with Gasteiger partial charge in [-0.2, -0.15) is 0 Å². The predicted octanol–water partition coefficient (Wildman–Crippen LogP) is 0.514. The van der Waals surface area contributed by atoms with Crippen molar-refractivity contribution in [1.82, 2.24) is 0 Å². The number of Topliss-reactive ketones (excluding diaryl/α,β-unsaturated/α-hetero) is 1. The highest BCUT2D eigenvalue weighted by atomic mass is 16.5. The topological polar surface area (TPSA) is 188 Å². The molecule has 0 amide bonds. The number of aliphatic hydroxyl groups excluding tert-OH is 3. The van der Waals surface area contributed by atoms with Gasteiger partial charge in [-0.05, 0) is 26.2 Å². The second kappa shape index (κ2) is 10.1. The van der Waals surface area contributed by atoms with E-state index in [1.54, 1.807) is 12.1 Å². The van der Waals surface area contributed by atoms with E-state index in [4.69, 9.17) is 15.6 Å². The zero-order valence-electron chi connectivity index (χ0n) is 19.7. The second-order valence-corrected chi connectivity index (χ2v) is 9.34. The number of hydrogen-bond acceptors (Lipinski definition) is 10. The third-order valence-electron chi connectivity index (χ3n) is 7.11. The minimum absolute atomic E-state index is 0.0474. The summed E-state index contributed by atoms with van der Waals surface area (Å²) in [5.74, 6) is -3.56. The minimum atomic E-state index is -1.31. The third kappa shape index (κ3) is 4.31. The lowest BCUT2D eigenvalue weighted by molar-refractivity contribution is -0.127. The number of benzene rings is 2. The quantitative estimate of drug-likeness (QED) is 0.271. The summed E-state index contributed by atoms with van der Waals surface area (Å²) in [5.41, 5.74) is 5.12. The Bertz CT molecular complexity index is 1210. The molecule has 5 rings (SSSR count). The Labute approximate surface area is 206 Å². The highest BCUT2D eigenvalue weighted by Gasteiger charge is 2.42. The molecule has 1 saturated heterocycles. The van der Waals surface area contributed by atoms with E-state index in [-0.39, 0.29) is 58.4 Å². The van der Waals surface area contributed by atoms with Gasteiger partial charge >= 0.3 is 0 Å². The van der Waals surface area contributed by atoms with Crippen molar-refractivity contribution in [3.63, 3.8) is 0 Å². The van der Waals surface area contributed by atoms with Gasteiger partial charge in [-0.3, -0.25) is 14.4 Å². The maximum Gasteiger partial charge on any atom is 0.198 e. The molecule has 192 valence electrons. The molecule has 2 aromatic rings. The summed E-state index contributed by atoms with van der Waals surface area (Å²) in [4.78, 5) is 37.6. The van der Waals surface area contributed by atoms with Crippen LogP contribution in [0.3, 0.4) is 0 Å². The van der Waals surface area contributed by atoms with Crippen molar-refractivity contribution in [2.24, 2.45) is 11.7 Å². The van der Waals surface area contributed by atoms with Gasteiger partial charge in [0.15, 0.2) is 17.3 Å². The molecule has 0 spiro atoms. The maximum absolute atomic E-state index is 12.9. The Balaban J connectivity index is 0.000000286. The molecule has 1 fully saturated rings. The summed E-state index contributed by atoms with van der Waals surface area (Å²) < 4.78 is 5.13. The smallest absolute Gasteiger partial charge is 0.198 e. The van der Waals surface area contributed by atoms with E-state index in [0.29, 0.717) is 6.61 Å². The van der Waals surface area contributed by atoms with Crippen LogP contribution < -0.4 is 5.73 Å². The van der Waals surface area contributed by atoms with E-state index in [9.17, 15) is 34.8 Å². The number of phenols is 2. The molecule has 5 atom stereocenters. The van der Waals surface area contributed by atoms with Crippen LogP contribution in [0, 0.1) is 5.92 Å². The van der Waals surface area contributed by atoms with Crippen LogP contribution in [-0.2, 0) is 16.0 Å². The fourth-order valence-corrected chi connectivity index (χ4v) is 5.05. The van der Waals surface area contributed by atoms with Crippen LogP contribution >= 0.6 is 0 Å². The van der Waals surface area contributed by atoms with Gasteiger partial charge in [-0.25, -0.2) is 0 Å². The van der Waals surface area contributed by atoms with Crippen LogP contribution in [0.2, 0.25) is 0 Å². The zero-order valence-corrected chi connectivity index (χ0v) is 19.7. The lowest BCUT2D eigenvalue weighted by Crippen LogP contribution is -2.47. The largest absolute Gasteiger partial charge is 0.507 e. The van der Waals surface area contributed by atoms with E-state index in [2.05, 4.69) is 0 Å². The standard InChI is InChI=1S/C20H16O7.C6H13NO2/c21-7-13(23)8-5-11-14(12(22)6-8)20(27)16-15(19(11)26)17(24)9-3-1-2-4-10(9)18(16)25;1-4-6(8)5(7)2-3-9-4/h1-4,8,12,21-22,26-27H,5-7H2;4-6,8H,2-3,7H2,1H3/t;4-,5?,6+/m.0/s1. The molecule has 3 aliphatic rings. The van der Waals surface area contributed by atoms with Gasteiger partial charge in [0.1, 0.15) is 18.1 Å². The zero-order chi connectivity index (χ0) is 26.3. The number of ether oxygens (including phenoxy) is 1. The first kappa shape index (κ1) is 25.9. The fourth-order valence-electron chi connectivity index (χ4n) is 5.05. The first-order valence-electron chi connectivity index (χ1n) is 11.7. The number of fused-ring (bicyclic) bond motifs is 3. The van der Waals surface area contributed by atoms with E-state index >= 15 is 0 Å². The molecule has 0 aromatic heterocycles. The van der Waals surface area contributed by atoms with Crippen molar-refractivity contribution < 1.29 is 44.7 Å². The normalized spacial score (nSPS) is 26.8. The molecular formula is C26H29NO9. The van der Waals surface area contributed by atoms with Gasteiger partial charge in [0.05, 0.1) is 29.4 Å². The monoisotopic (exact) mass is 499 g/mol. The molecule has 0 radical (unpaired) electrons. The number of rotatable bonds is 2. The first-order chi connectivity index (χ1) is 17.1. The van der Waals surface area contributed by atoms with Gasteiger partial charge in [-0.1, -0.05) is 24.3 Å². The van der Waals surface area contributed by atoms with Crippen LogP contribution in [0.5, 0.6) is 11.5 Å². The number of carbonyl (C=O) groups excluding carboxylic acids is 3. The number of ketones is 3. The molecule has 1 aliphatic heterocycles. The van der Waals surface area contributed by atoms with Gasteiger partial charge in [0, 0.05) is 40.8 Å². The number of carbonyl (C=O) groups is 3. The van der Waals surface area contributed by atoms with E-state index in [1.165, 1.54) is 12.1 Å². The van der Waals surface area contributed by atoms with Gasteiger partial charge in [0.2, 0.25) is 0 Å². The maximum atomic E-state index is 12.9. The molecule has 10 heteroatoms. The Hall–Kier alpha value is -3.15.